The highest BCUT2D eigenvalue weighted by atomic mass is 16.2. The van der Waals surface area contributed by atoms with Gasteiger partial charge in [-0.3, -0.25) is 4.79 Å². The highest BCUT2D eigenvalue weighted by Gasteiger charge is 2.54. The summed E-state index contributed by atoms with van der Waals surface area (Å²) in [5.74, 6) is 1.81. The van der Waals surface area contributed by atoms with Gasteiger partial charge >= 0.3 is 0 Å². The summed E-state index contributed by atoms with van der Waals surface area (Å²) in [6.07, 6.45) is 11.5. The first-order valence-electron chi connectivity index (χ1n) is 13.0. The van der Waals surface area contributed by atoms with Gasteiger partial charge in [-0.05, 0) is 56.7 Å². The summed E-state index contributed by atoms with van der Waals surface area (Å²) < 4.78 is 0. The second-order valence-electron chi connectivity index (χ2n) is 10.7. The molecule has 35 heavy (non-hydrogen) atoms. The van der Waals surface area contributed by atoms with Crippen LogP contribution in [0.4, 0.5) is 5.69 Å². The molecule has 1 aromatic carbocycles. The van der Waals surface area contributed by atoms with Crippen molar-refractivity contribution in [2.24, 2.45) is 0 Å². The Kier molecular flexibility index (Phi) is 4.98. The molecule has 2 saturated heterocycles. The van der Waals surface area contributed by atoms with Crippen LogP contribution in [-0.4, -0.2) is 69.0 Å². The summed E-state index contributed by atoms with van der Waals surface area (Å²) in [6.45, 7) is 4.82. The Balaban J connectivity index is 1.11. The molecule has 2 aromatic heterocycles. The average molecular weight is 470 g/mol. The lowest BCUT2D eigenvalue weighted by Gasteiger charge is -2.40. The first kappa shape index (κ1) is 21.2. The fourth-order valence-corrected chi connectivity index (χ4v) is 6.03. The van der Waals surface area contributed by atoms with E-state index < -0.39 is 0 Å². The average Bonchev–Trinajstić information content (AvgIpc) is 3.85. The van der Waals surface area contributed by atoms with Crippen molar-refractivity contribution in [3.63, 3.8) is 0 Å². The molecule has 4 fully saturated rings. The van der Waals surface area contributed by atoms with E-state index in [1.807, 2.05) is 0 Å². The molecule has 0 radical (unpaired) electrons. The lowest BCUT2D eigenvalue weighted by Crippen LogP contribution is -2.47. The number of hydrogen-bond donors (Lipinski definition) is 1. The molecule has 0 bridgehead atoms. The molecular weight excluding hydrogens is 438 g/mol. The molecular formula is C27H31N7O. The SMILES string of the molecule is O=C(c1cnc(C2CC2)nc1)N1CCC(c2ncnc3cc(N4CCNCC4)ccc23)CC12CC2. The molecule has 1 atom stereocenters. The number of aromatic nitrogens is 4. The summed E-state index contributed by atoms with van der Waals surface area (Å²) in [6, 6.07) is 6.64. The van der Waals surface area contributed by atoms with Crippen molar-refractivity contribution in [3.05, 3.63) is 54.0 Å². The van der Waals surface area contributed by atoms with Gasteiger partial charge < -0.3 is 15.1 Å². The Labute approximate surface area is 205 Å². The van der Waals surface area contributed by atoms with Gasteiger partial charge in [0.25, 0.3) is 5.91 Å². The van der Waals surface area contributed by atoms with Crippen LogP contribution in [-0.2, 0) is 0 Å². The summed E-state index contributed by atoms with van der Waals surface area (Å²) in [5, 5.41) is 4.57. The number of rotatable bonds is 4. The van der Waals surface area contributed by atoms with E-state index in [4.69, 9.17) is 4.98 Å². The van der Waals surface area contributed by atoms with Crippen LogP contribution in [0.3, 0.4) is 0 Å². The van der Waals surface area contributed by atoms with Crippen molar-refractivity contribution in [2.45, 2.75) is 55.9 Å². The van der Waals surface area contributed by atoms with Gasteiger partial charge in [0.1, 0.15) is 12.2 Å². The van der Waals surface area contributed by atoms with Crippen LogP contribution in [0.25, 0.3) is 10.9 Å². The van der Waals surface area contributed by atoms with E-state index in [0.717, 1.165) is 80.8 Å². The normalized spacial score (nSPS) is 23.6. The Morgan fingerprint density at radius 1 is 0.943 bits per heavy atom. The maximum atomic E-state index is 13.4. The lowest BCUT2D eigenvalue weighted by atomic mass is 9.84. The van der Waals surface area contributed by atoms with E-state index in [1.165, 1.54) is 18.5 Å². The van der Waals surface area contributed by atoms with Gasteiger partial charge in [-0.1, -0.05) is 0 Å². The van der Waals surface area contributed by atoms with Crippen molar-refractivity contribution in [1.29, 1.82) is 0 Å². The van der Waals surface area contributed by atoms with Crippen molar-refractivity contribution in [2.75, 3.05) is 37.6 Å². The number of benzene rings is 1. The third kappa shape index (κ3) is 3.84. The monoisotopic (exact) mass is 469 g/mol. The molecule has 1 N–H and O–H groups in total. The number of fused-ring (bicyclic) bond motifs is 1. The Bertz CT molecular complexity index is 1260. The Morgan fingerprint density at radius 2 is 1.74 bits per heavy atom. The van der Waals surface area contributed by atoms with Crippen LogP contribution in [0.5, 0.6) is 0 Å². The first-order valence-corrected chi connectivity index (χ1v) is 13.0. The maximum absolute atomic E-state index is 13.4. The summed E-state index contributed by atoms with van der Waals surface area (Å²) in [7, 11) is 0. The number of hydrogen-bond acceptors (Lipinski definition) is 7. The number of piperazine rings is 1. The smallest absolute Gasteiger partial charge is 0.257 e. The van der Waals surface area contributed by atoms with Crippen LogP contribution >= 0.6 is 0 Å². The van der Waals surface area contributed by atoms with Gasteiger partial charge in [-0.15, -0.1) is 0 Å². The second kappa shape index (κ2) is 8.22. The van der Waals surface area contributed by atoms with Crippen molar-refractivity contribution < 1.29 is 4.79 Å². The molecule has 7 rings (SSSR count). The molecule has 8 nitrogen and oxygen atoms in total. The van der Waals surface area contributed by atoms with Crippen molar-refractivity contribution in [3.8, 4) is 0 Å². The minimum Gasteiger partial charge on any atom is -0.369 e. The second-order valence-corrected chi connectivity index (χ2v) is 10.7. The third-order valence-electron chi connectivity index (χ3n) is 8.35. The molecule has 4 aliphatic rings. The van der Waals surface area contributed by atoms with Crippen molar-refractivity contribution in [1.82, 2.24) is 30.2 Å². The lowest BCUT2D eigenvalue weighted by molar-refractivity contribution is 0.0545. The molecule has 1 amide bonds. The molecule has 3 aromatic rings. The van der Waals surface area contributed by atoms with E-state index in [0.29, 0.717) is 17.4 Å². The fraction of sp³-hybridized carbons (Fsp3) is 0.519. The van der Waals surface area contributed by atoms with E-state index in [9.17, 15) is 4.79 Å². The van der Waals surface area contributed by atoms with Crippen LogP contribution in [0.2, 0.25) is 0 Å². The predicted molar refractivity (Wildman–Crippen MR) is 134 cm³/mol. The van der Waals surface area contributed by atoms with Gasteiger partial charge in [0.2, 0.25) is 0 Å². The number of amides is 1. The van der Waals surface area contributed by atoms with Gasteiger partial charge in [0.05, 0.1) is 16.8 Å². The standard InChI is InChI=1S/C27H31N7O/c35-26(20-15-29-25(30-16-20)18-1-2-18)34-10-5-19(14-27(34)6-7-27)24-22-4-3-21(13-23(22)31-17-32-24)33-11-8-28-9-12-33/h3-4,13,15-19,28H,1-2,5-12,14H2. The van der Waals surface area contributed by atoms with Gasteiger partial charge in [0, 0.05) is 73.6 Å². The molecule has 2 aliphatic heterocycles. The third-order valence-corrected chi connectivity index (χ3v) is 8.35. The zero-order valence-corrected chi connectivity index (χ0v) is 20.0. The summed E-state index contributed by atoms with van der Waals surface area (Å²) >= 11 is 0. The number of piperidine rings is 1. The quantitative estimate of drug-likeness (QED) is 0.628. The zero-order chi connectivity index (χ0) is 23.4. The van der Waals surface area contributed by atoms with E-state index >= 15 is 0 Å². The van der Waals surface area contributed by atoms with E-state index in [-0.39, 0.29) is 11.4 Å². The highest BCUT2D eigenvalue weighted by Crippen LogP contribution is 2.53. The maximum Gasteiger partial charge on any atom is 0.257 e. The number of carbonyl (C=O) groups is 1. The summed E-state index contributed by atoms with van der Waals surface area (Å²) in [4.78, 5) is 36.3. The highest BCUT2D eigenvalue weighted by molar-refractivity contribution is 5.94. The molecule has 1 unspecified atom stereocenters. The zero-order valence-electron chi connectivity index (χ0n) is 20.0. The summed E-state index contributed by atoms with van der Waals surface area (Å²) in [5.41, 5.74) is 3.96. The first-order chi connectivity index (χ1) is 17.2. The van der Waals surface area contributed by atoms with Crippen LogP contribution in [0, 0.1) is 0 Å². The van der Waals surface area contributed by atoms with Crippen LogP contribution < -0.4 is 10.2 Å². The Hall–Kier alpha value is -3.13. The number of nitrogens with zero attached hydrogens (tertiary/aromatic N) is 6. The molecule has 4 heterocycles. The number of nitrogens with one attached hydrogen (secondary N) is 1. The van der Waals surface area contributed by atoms with Crippen LogP contribution in [0.1, 0.15) is 72.2 Å². The number of carbonyl (C=O) groups excluding carboxylic acids is 1. The minimum atomic E-state index is -0.0484. The Morgan fingerprint density at radius 3 is 2.49 bits per heavy atom. The molecule has 2 saturated carbocycles. The van der Waals surface area contributed by atoms with Gasteiger partial charge in [-0.2, -0.15) is 0 Å². The molecule has 8 heteroatoms. The topological polar surface area (TPSA) is 87.1 Å². The molecule has 1 spiro atoms. The van der Waals surface area contributed by atoms with E-state index in [2.05, 4.69) is 48.3 Å². The van der Waals surface area contributed by atoms with Crippen LogP contribution in [0.15, 0.2) is 36.9 Å². The number of anilines is 1. The fourth-order valence-electron chi connectivity index (χ4n) is 6.03. The van der Waals surface area contributed by atoms with Crippen molar-refractivity contribution >= 4 is 22.5 Å². The van der Waals surface area contributed by atoms with Gasteiger partial charge in [0.15, 0.2) is 0 Å². The predicted octanol–water partition coefficient (Wildman–Crippen LogP) is 3.26. The molecule has 180 valence electrons. The van der Waals surface area contributed by atoms with Gasteiger partial charge in [-0.25, -0.2) is 19.9 Å². The molecule has 2 aliphatic carbocycles. The minimum absolute atomic E-state index is 0.0484. The van der Waals surface area contributed by atoms with E-state index in [1.54, 1.807) is 18.7 Å². The largest absolute Gasteiger partial charge is 0.369 e. The number of likely N-dealkylation sites (tertiary alicyclic amines) is 1.